The molecule has 1 atom stereocenters. The molecule has 1 aliphatic heterocycles. The molecule has 1 aromatic rings. The van der Waals surface area contributed by atoms with Gasteiger partial charge in [-0.2, -0.15) is 0 Å². The number of carbonyl (C=O) groups is 2. The lowest BCUT2D eigenvalue weighted by atomic mass is 9.90. The molecule has 4 heteroatoms. The maximum Gasteiger partial charge on any atom is 0.329 e. The van der Waals surface area contributed by atoms with Crippen LogP contribution in [0.5, 0.6) is 0 Å². The number of rotatable bonds is 6. The van der Waals surface area contributed by atoms with Gasteiger partial charge in [0.2, 0.25) is 0 Å². The summed E-state index contributed by atoms with van der Waals surface area (Å²) >= 11 is 0. The fourth-order valence-corrected chi connectivity index (χ4v) is 3.04. The maximum atomic E-state index is 12.9. The van der Waals surface area contributed by atoms with Gasteiger partial charge in [0.25, 0.3) is 5.91 Å². The summed E-state index contributed by atoms with van der Waals surface area (Å²) in [5.74, 6) is -0.452. The van der Waals surface area contributed by atoms with Crippen LogP contribution in [0.2, 0.25) is 0 Å². The minimum atomic E-state index is -0.574. The fourth-order valence-electron chi connectivity index (χ4n) is 3.04. The molecule has 124 valence electrons. The van der Waals surface area contributed by atoms with Crippen LogP contribution in [0.25, 0.3) is 0 Å². The zero-order valence-electron chi connectivity index (χ0n) is 14.2. The summed E-state index contributed by atoms with van der Waals surface area (Å²) in [7, 11) is 1.37. The number of ether oxygens (including phenoxy) is 1. The summed E-state index contributed by atoms with van der Waals surface area (Å²) in [6, 6.07) is 8.76. The Balaban J connectivity index is 2.34. The lowest BCUT2D eigenvalue weighted by Crippen LogP contribution is -2.49. The van der Waals surface area contributed by atoms with Crippen molar-refractivity contribution in [3.8, 4) is 0 Å². The molecular weight excluding hydrogens is 290 g/mol. The Morgan fingerprint density at radius 2 is 1.96 bits per heavy atom. The third-order valence-electron chi connectivity index (χ3n) is 4.41. The molecule has 1 amide bonds. The molecule has 1 unspecified atom stereocenters. The minimum Gasteiger partial charge on any atom is -0.467 e. The van der Waals surface area contributed by atoms with E-state index in [1.165, 1.54) is 7.11 Å². The van der Waals surface area contributed by atoms with Gasteiger partial charge in [-0.15, -0.1) is 0 Å². The van der Waals surface area contributed by atoms with Crippen LogP contribution < -0.4 is 4.90 Å². The van der Waals surface area contributed by atoms with Gasteiger partial charge in [-0.1, -0.05) is 43.5 Å². The van der Waals surface area contributed by atoms with Crippen LogP contribution in [-0.4, -0.2) is 25.0 Å². The number of para-hydroxylation sites is 1. The first-order valence-electron chi connectivity index (χ1n) is 8.25. The highest BCUT2D eigenvalue weighted by Gasteiger charge is 2.37. The van der Waals surface area contributed by atoms with Gasteiger partial charge in [0.1, 0.15) is 6.04 Å². The molecule has 0 saturated carbocycles. The van der Waals surface area contributed by atoms with Gasteiger partial charge in [-0.25, -0.2) is 4.79 Å². The third kappa shape index (κ3) is 3.81. The van der Waals surface area contributed by atoms with E-state index in [1.54, 1.807) is 4.90 Å². The van der Waals surface area contributed by atoms with E-state index >= 15 is 0 Å². The molecule has 0 radical (unpaired) electrons. The zero-order chi connectivity index (χ0) is 16.8. The number of esters is 1. The second kappa shape index (κ2) is 7.95. The Labute approximate surface area is 138 Å². The third-order valence-corrected chi connectivity index (χ3v) is 4.41. The van der Waals surface area contributed by atoms with Gasteiger partial charge in [-0.3, -0.25) is 9.69 Å². The Morgan fingerprint density at radius 1 is 1.26 bits per heavy atom. The zero-order valence-corrected chi connectivity index (χ0v) is 14.2. The van der Waals surface area contributed by atoms with Crippen molar-refractivity contribution in [2.24, 2.45) is 0 Å². The summed E-state index contributed by atoms with van der Waals surface area (Å²) in [4.78, 5) is 26.7. The number of hydrogen-bond acceptors (Lipinski definition) is 3. The van der Waals surface area contributed by atoms with Gasteiger partial charge in [0.15, 0.2) is 0 Å². The summed E-state index contributed by atoms with van der Waals surface area (Å²) in [6.45, 7) is 4.02. The van der Waals surface area contributed by atoms with Gasteiger partial charge in [0, 0.05) is 17.7 Å². The first-order chi connectivity index (χ1) is 11.1. The molecule has 4 nitrogen and oxygen atoms in total. The van der Waals surface area contributed by atoms with Crippen molar-refractivity contribution < 1.29 is 14.3 Å². The minimum absolute atomic E-state index is 0.0932. The molecule has 1 aromatic carbocycles. The van der Waals surface area contributed by atoms with Crippen LogP contribution in [0.3, 0.4) is 0 Å². The molecule has 0 aliphatic carbocycles. The normalized spacial score (nSPS) is 18.3. The standard InChI is InChI=1S/C19H25NO3/c1-4-5-7-10-15-13-17(19(22)23-3)20(18(21)14(15)2)16-11-8-6-9-12-16/h6,8-9,11-12,17H,4-5,7,10,13H2,1-3H3. The predicted octanol–water partition coefficient (Wildman–Crippen LogP) is 3.86. The number of unbranched alkanes of at least 4 members (excludes halogenated alkanes) is 2. The SMILES string of the molecule is CCCCCC1=C(C)C(=O)N(c2ccccc2)C(C(=O)OC)C1. The molecule has 0 saturated heterocycles. The van der Waals surface area contributed by atoms with E-state index in [4.69, 9.17) is 4.74 Å². The summed E-state index contributed by atoms with van der Waals surface area (Å²) in [5.41, 5.74) is 2.59. The Hall–Kier alpha value is -2.10. The molecule has 2 rings (SSSR count). The molecule has 0 fully saturated rings. The second-order valence-corrected chi connectivity index (χ2v) is 5.94. The second-order valence-electron chi connectivity index (χ2n) is 5.94. The van der Waals surface area contributed by atoms with E-state index in [0.29, 0.717) is 6.42 Å². The van der Waals surface area contributed by atoms with Crippen LogP contribution in [0.4, 0.5) is 5.69 Å². The smallest absolute Gasteiger partial charge is 0.329 e. The number of methoxy groups -OCH3 is 1. The van der Waals surface area contributed by atoms with E-state index < -0.39 is 6.04 Å². The van der Waals surface area contributed by atoms with Crippen molar-refractivity contribution in [3.63, 3.8) is 0 Å². The Morgan fingerprint density at radius 3 is 2.57 bits per heavy atom. The highest BCUT2D eigenvalue weighted by atomic mass is 16.5. The number of nitrogens with zero attached hydrogens (tertiary/aromatic N) is 1. The lowest BCUT2D eigenvalue weighted by molar-refractivity contribution is -0.143. The topological polar surface area (TPSA) is 46.6 Å². The molecule has 0 bridgehead atoms. The molecule has 1 heterocycles. The van der Waals surface area contributed by atoms with Crippen molar-refractivity contribution in [2.75, 3.05) is 12.0 Å². The lowest BCUT2D eigenvalue weighted by Gasteiger charge is -2.35. The van der Waals surface area contributed by atoms with Crippen molar-refractivity contribution in [1.29, 1.82) is 0 Å². The largest absolute Gasteiger partial charge is 0.467 e. The van der Waals surface area contributed by atoms with Crippen LogP contribution in [0, 0.1) is 0 Å². The summed E-state index contributed by atoms with van der Waals surface area (Å²) in [5, 5.41) is 0. The number of carbonyl (C=O) groups excluding carboxylic acids is 2. The Bertz CT molecular complexity index is 592. The molecule has 0 aromatic heterocycles. The summed E-state index contributed by atoms with van der Waals surface area (Å²) < 4.78 is 4.94. The van der Waals surface area contributed by atoms with Gasteiger partial charge < -0.3 is 4.74 Å². The Kier molecular flexibility index (Phi) is 5.97. The van der Waals surface area contributed by atoms with E-state index in [1.807, 2.05) is 37.3 Å². The molecule has 0 spiro atoms. The number of amides is 1. The molecular formula is C19H25NO3. The van der Waals surface area contributed by atoms with Crippen LogP contribution in [-0.2, 0) is 14.3 Å². The highest BCUT2D eigenvalue weighted by molar-refractivity contribution is 6.10. The van der Waals surface area contributed by atoms with E-state index in [2.05, 4.69) is 6.92 Å². The quantitative estimate of drug-likeness (QED) is 0.591. The fraction of sp³-hybridized carbons (Fsp3) is 0.474. The van der Waals surface area contributed by atoms with E-state index in [0.717, 1.165) is 42.5 Å². The highest BCUT2D eigenvalue weighted by Crippen LogP contribution is 2.32. The number of benzene rings is 1. The maximum absolute atomic E-state index is 12.9. The molecule has 1 aliphatic rings. The van der Waals surface area contributed by atoms with Gasteiger partial charge >= 0.3 is 5.97 Å². The first-order valence-corrected chi connectivity index (χ1v) is 8.25. The van der Waals surface area contributed by atoms with Crippen molar-refractivity contribution in [1.82, 2.24) is 0 Å². The van der Waals surface area contributed by atoms with E-state index in [9.17, 15) is 9.59 Å². The average molecular weight is 315 g/mol. The monoisotopic (exact) mass is 315 g/mol. The van der Waals surface area contributed by atoms with Crippen molar-refractivity contribution in [2.45, 2.75) is 52.0 Å². The molecule has 0 N–H and O–H groups in total. The van der Waals surface area contributed by atoms with Crippen molar-refractivity contribution >= 4 is 17.6 Å². The van der Waals surface area contributed by atoms with Crippen LogP contribution in [0.15, 0.2) is 41.5 Å². The predicted molar refractivity (Wildman–Crippen MR) is 91.2 cm³/mol. The average Bonchev–Trinajstić information content (AvgIpc) is 2.58. The van der Waals surface area contributed by atoms with Crippen molar-refractivity contribution in [3.05, 3.63) is 41.5 Å². The summed E-state index contributed by atoms with van der Waals surface area (Å²) in [6.07, 6.45) is 4.76. The molecule has 23 heavy (non-hydrogen) atoms. The number of hydrogen-bond donors (Lipinski definition) is 0. The van der Waals surface area contributed by atoms with Crippen LogP contribution in [0.1, 0.15) is 46.0 Å². The number of anilines is 1. The van der Waals surface area contributed by atoms with Gasteiger partial charge in [-0.05, 0) is 31.9 Å². The van der Waals surface area contributed by atoms with Crippen LogP contribution >= 0.6 is 0 Å². The first kappa shape index (κ1) is 17.3. The van der Waals surface area contributed by atoms with E-state index in [-0.39, 0.29) is 11.9 Å². The van der Waals surface area contributed by atoms with Gasteiger partial charge in [0.05, 0.1) is 7.11 Å².